The van der Waals surface area contributed by atoms with Crippen LogP contribution < -0.4 is 27.2 Å². The van der Waals surface area contributed by atoms with E-state index >= 15 is 0 Å². The van der Waals surface area contributed by atoms with Gasteiger partial charge in [0.25, 0.3) is 5.56 Å². The van der Waals surface area contributed by atoms with Gasteiger partial charge in [-0.2, -0.15) is 4.98 Å². The van der Waals surface area contributed by atoms with Gasteiger partial charge in [0.2, 0.25) is 11.9 Å². The Morgan fingerprint density at radius 3 is 2.57 bits per heavy atom. The van der Waals surface area contributed by atoms with Crippen molar-refractivity contribution in [3.63, 3.8) is 0 Å². The summed E-state index contributed by atoms with van der Waals surface area (Å²) in [6, 6.07) is 6.50. The molecule has 196 valence electrons. The maximum absolute atomic E-state index is 13.8. The minimum absolute atomic E-state index is 0.00718. The van der Waals surface area contributed by atoms with E-state index in [-0.39, 0.29) is 28.7 Å². The summed E-state index contributed by atoms with van der Waals surface area (Å²) in [5.74, 6) is -0.224. The number of benzene rings is 1. The topological polar surface area (TPSA) is 137 Å². The van der Waals surface area contributed by atoms with Crippen molar-refractivity contribution >= 4 is 34.5 Å². The summed E-state index contributed by atoms with van der Waals surface area (Å²) >= 11 is 0. The minimum atomic E-state index is -0.642. The van der Waals surface area contributed by atoms with Gasteiger partial charge in [-0.15, -0.1) is 0 Å². The fraction of sp³-hybridized carbons (Fsp3) is 0.423. The number of nitrogens with one attached hydrogen (secondary N) is 1. The lowest BCUT2D eigenvalue weighted by molar-refractivity contribution is -0.114. The predicted molar refractivity (Wildman–Crippen MR) is 143 cm³/mol. The molecule has 1 amide bonds. The molecule has 3 N–H and O–H groups in total. The SMILES string of the molecule is CC(=O)Nc1ccccc1C(=O)Cn1c(=O)c2c(nc(N3CCC[C@H](N)C3)n2CC=C(C)C)n(C)c1=O. The van der Waals surface area contributed by atoms with Crippen LogP contribution in [0.25, 0.3) is 11.2 Å². The number of imidazole rings is 1. The molecule has 3 aromatic rings. The van der Waals surface area contributed by atoms with Gasteiger partial charge in [-0.1, -0.05) is 23.8 Å². The summed E-state index contributed by atoms with van der Waals surface area (Å²) in [4.78, 5) is 58.6. The molecule has 2 aromatic heterocycles. The number of Topliss-reactive ketones (excluding diaryl/α,β-unsaturated/α-hetero) is 1. The first-order valence-corrected chi connectivity index (χ1v) is 12.3. The van der Waals surface area contributed by atoms with Crippen molar-refractivity contribution < 1.29 is 9.59 Å². The van der Waals surface area contributed by atoms with Gasteiger partial charge >= 0.3 is 5.69 Å². The second kappa shape index (κ2) is 10.6. The molecule has 0 bridgehead atoms. The van der Waals surface area contributed by atoms with Crippen LogP contribution in [-0.4, -0.2) is 49.5 Å². The van der Waals surface area contributed by atoms with Crippen molar-refractivity contribution in [2.45, 2.75) is 52.7 Å². The molecule has 11 nitrogen and oxygen atoms in total. The Labute approximate surface area is 214 Å². The van der Waals surface area contributed by atoms with E-state index in [0.717, 1.165) is 29.5 Å². The second-order valence-electron chi connectivity index (χ2n) is 9.71. The summed E-state index contributed by atoms with van der Waals surface area (Å²) in [7, 11) is 1.54. The van der Waals surface area contributed by atoms with Gasteiger partial charge in [0, 0.05) is 45.2 Å². The third-order valence-electron chi connectivity index (χ3n) is 6.47. The third-order valence-corrected chi connectivity index (χ3v) is 6.47. The monoisotopic (exact) mass is 507 g/mol. The molecule has 11 heteroatoms. The molecule has 0 unspecified atom stereocenters. The quantitative estimate of drug-likeness (QED) is 0.366. The molecule has 4 rings (SSSR count). The second-order valence-corrected chi connectivity index (χ2v) is 9.71. The number of carbonyl (C=O) groups is 2. The number of nitrogens with two attached hydrogens (primary N) is 1. The number of aryl methyl sites for hydroxylation is 1. The summed E-state index contributed by atoms with van der Waals surface area (Å²) in [5, 5.41) is 2.62. The number of anilines is 2. The Kier molecular flexibility index (Phi) is 7.44. The zero-order chi connectivity index (χ0) is 26.9. The van der Waals surface area contributed by atoms with Crippen LogP contribution in [-0.2, 0) is 24.9 Å². The van der Waals surface area contributed by atoms with E-state index < -0.39 is 23.6 Å². The van der Waals surface area contributed by atoms with E-state index in [1.165, 1.54) is 11.5 Å². The van der Waals surface area contributed by atoms with Crippen LogP contribution in [0.4, 0.5) is 11.6 Å². The average molecular weight is 508 g/mol. The molecule has 1 atom stereocenters. The highest BCUT2D eigenvalue weighted by molar-refractivity contribution is 6.04. The fourth-order valence-corrected chi connectivity index (χ4v) is 4.63. The van der Waals surface area contributed by atoms with Gasteiger partial charge < -0.3 is 20.5 Å². The molecule has 0 radical (unpaired) electrons. The van der Waals surface area contributed by atoms with Crippen LogP contribution in [0.2, 0.25) is 0 Å². The molecule has 37 heavy (non-hydrogen) atoms. The summed E-state index contributed by atoms with van der Waals surface area (Å²) in [6.07, 6.45) is 3.80. The Morgan fingerprint density at radius 1 is 1.16 bits per heavy atom. The van der Waals surface area contributed by atoms with Crippen molar-refractivity contribution in [3.8, 4) is 0 Å². The zero-order valence-corrected chi connectivity index (χ0v) is 21.7. The van der Waals surface area contributed by atoms with Crippen LogP contribution in [0.1, 0.15) is 44.0 Å². The summed E-state index contributed by atoms with van der Waals surface area (Å²) in [5.41, 5.74) is 7.09. The Hall–Kier alpha value is -3.99. The number of hydrogen-bond acceptors (Lipinski definition) is 7. The molecule has 1 saturated heterocycles. The van der Waals surface area contributed by atoms with Crippen molar-refractivity contribution in [2.24, 2.45) is 12.8 Å². The maximum Gasteiger partial charge on any atom is 0.332 e. The molecule has 1 aliphatic heterocycles. The van der Waals surface area contributed by atoms with Crippen LogP contribution in [0.3, 0.4) is 0 Å². The molecule has 0 saturated carbocycles. The number of aromatic nitrogens is 4. The number of allylic oxidation sites excluding steroid dienone is 2. The van der Waals surface area contributed by atoms with E-state index in [9.17, 15) is 19.2 Å². The lowest BCUT2D eigenvalue weighted by atomic mass is 10.1. The highest BCUT2D eigenvalue weighted by atomic mass is 16.2. The molecular formula is C26H33N7O4. The van der Waals surface area contributed by atoms with Gasteiger partial charge in [0.15, 0.2) is 16.9 Å². The lowest BCUT2D eigenvalue weighted by Gasteiger charge is -2.31. The summed E-state index contributed by atoms with van der Waals surface area (Å²) in [6.45, 7) is 6.52. The summed E-state index contributed by atoms with van der Waals surface area (Å²) < 4.78 is 4.03. The number of para-hydroxylation sites is 1. The molecule has 3 heterocycles. The number of ketones is 1. The molecule has 1 fully saturated rings. The normalized spacial score (nSPS) is 15.6. The number of piperidine rings is 1. The van der Waals surface area contributed by atoms with Gasteiger partial charge in [0.1, 0.15) is 0 Å². The first kappa shape index (κ1) is 26.1. The molecule has 1 aromatic carbocycles. The van der Waals surface area contributed by atoms with Crippen LogP contribution in [0.5, 0.6) is 0 Å². The van der Waals surface area contributed by atoms with E-state index in [4.69, 9.17) is 10.7 Å². The van der Waals surface area contributed by atoms with E-state index in [1.807, 2.05) is 19.9 Å². The zero-order valence-electron chi connectivity index (χ0n) is 21.7. The van der Waals surface area contributed by atoms with Crippen LogP contribution in [0.15, 0.2) is 45.5 Å². The largest absolute Gasteiger partial charge is 0.341 e. The number of hydrogen-bond donors (Lipinski definition) is 2. The number of carbonyl (C=O) groups excluding carboxylic acids is 2. The Bertz CT molecular complexity index is 1510. The lowest BCUT2D eigenvalue weighted by Crippen LogP contribution is -2.44. The highest BCUT2D eigenvalue weighted by Gasteiger charge is 2.27. The molecular weight excluding hydrogens is 474 g/mol. The van der Waals surface area contributed by atoms with Gasteiger partial charge in [-0.25, -0.2) is 4.79 Å². The van der Waals surface area contributed by atoms with E-state index in [1.54, 1.807) is 35.9 Å². The number of rotatable bonds is 7. The first-order chi connectivity index (χ1) is 17.6. The van der Waals surface area contributed by atoms with Crippen molar-refractivity contribution in [1.82, 2.24) is 18.7 Å². The molecule has 1 aliphatic rings. The van der Waals surface area contributed by atoms with Gasteiger partial charge in [-0.05, 0) is 38.8 Å². The van der Waals surface area contributed by atoms with Crippen LogP contribution in [0, 0.1) is 0 Å². The van der Waals surface area contributed by atoms with Gasteiger partial charge in [0.05, 0.1) is 12.2 Å². The van der Waals surface area contributed by atoms with Crippen molar-refractivity contribution in [2.75, 3.05) is 23.3 Å². The Balaban J connectivity index is 1.86. The van der Waals surface area contributed by atoms with Crippen LogP contribution >= 0.6 is 0 Å². The van der Waals surface area contributed by atoms with E-state index in [0.29, 0.717) is 24.7 Å². The maximum atomic E-state index is 13.8. The molecule has 0 spiro atoms. The highest BCUT2D eigenvalue weighted by Crippen LogP contribution is 2.23. The van der Waals surface area contributed by atoms with Crippen molar-refractivity contribution in [3.05, 3.63) is 62.3 Å². The smallest absolute Gasteiger partial charge is 0.332 e. The molecule has 0 aliphatic carbocycles. The Morgan fingerprint density at radius 2 is 1.89 bits per heavy atom. The third kappa shape index (κ3) is 5.26. The first-order valence-electron chi connectivity index (χ1n) is 12.3. The van der Waals surface area contributed by atoms with E-state index in [2.05, 4.69) is 10.2 Å². The standard InChI is InChI=1S/C26H33N7O4/c1-16(2)11-13-32-22-23(29-25(32)31-12-7-8-18(27)14-31)30(4)26(37)33(24(22)36)15-21(35)19-9-5-6-10-20(19)28-17(3)34/h5-6,9-11,18H,7-8,12-15,27H2,1-4H3,(H,28,34)/t18-/m0/s1. The number of fused-ring (bicyclic) bond motifs is 1. The minimum Gasteiger partial charge on any atom is -0.341 e. The fourth-order valence-electron chi connectivity index (χ4n) is 4.63. The predicted octanol–water partition coefficient (Wildman–Crippen LogP) is 1.63. The van der Waals surface area contributed by atoms with Crippen molar-refractivity contribution in [1.29, 1.82) is 0 Å². The van der Waals surface area contributed by atoms with Gasteiger partial charge in [-0.3, -0.25) is 23.5 Å². The average Bonchev–Trinajstić information content (AvgIpc) is 3.23. The number of nitrogens with zero attached hydrogens (tertiary/aromatic N) is 5. The number of amides is 1.